The van der Waals surface area contributed by atoms with Crippen molar-refractivity contribution >= 4 is 34.5 Å². The average Bonchev–Trinajstić information content (AvgIpc) is 3.29. The number of benzene rings is 2. The number of methoxy groups -OCH3 is 1. The molecule has 1 aromatic heterocycles. The molecule has 1 unspecified atom stereocenters. The van der Waals surface area contributed by atoms with Gasteiger partial charge in [0, 0.05) is 29.9 Å². The second-order valence-electron chi connectivity index (χ2n) is 7.46. The largest absolute Gasteiger partial charge is 0.494 e. The first kappa shape index (κ1) is 23.2. The third kappa shape index (κ3) is 5.03. The molecule has 0 saturated heterocycles. The van der Waals surface area contributed by atoms with Crippen LogP contribution in [0.1, 0.15) is 31.3 Å². The smallest absolute Gasteiger partial charge is 0.258 e. The quantitative estimate of drug-likeness (QED) is 0.443. The molecule has 33 heavy (non-hydrogen) atoms. The third-order valence-corrected chi connectivity index (χ3v) is 5.95. The van der Waals surface area contributed by atoms with E-state index in [0.29, 0.717) is 41.6 Å². The Labute approximate surface area is 203 Å². The van der Waals surface area contributed by atoms with Gasteiger partial charge in [-0.1, -0.05) is 41.0 Å². The molecule has 0 fully saturated rings. The number of aromatic nitrogens is 2. The molecular formula is C24H25ClN4O3S. The van der Waals surface area contributed by atoms with Crippen LogP contribution in [0, 0.1) is 0 Å². The van der Waals surface area contributed by atoms with Crippen LogP contribution < -0.4 is 10.1 Å². The molecule has 4 rings (SSSR count). The minimum Gasteiger partial charge on any atom is -0.494 e. The lowest BCUT2D eigenvalue weighted by atomic mass is 9.94. The van der Waals surface area contributed by atoms with E-state index < -0.39 is 0 Å². The summed E-state index contributed by atoms with van der Waals surface area (Å²) in [4.78, 5) is 6.69. The van der Waals surface area contributed by atoms with Gasteiger partial charge in [-0.15, -0.1) is 0 Å². The van der Waals surface area contributed by atoms with Gasteiger partial charge in [0.15, 0.2) is 5.11 Å². The number of hydrogen-bond acceptors (Lipinski definition) is 6. The second-order valence-corrected chi connectivity index (χ2v) is 8.28. The topological polar surface area (TPSA) is 72.7 Å². The summed E-state index contributed by atoms with van der Waals surface area (Å²) in [6.45, 7) is 5.70. The molecule has 1 N–H and O–H groups in total. The number of allylic oxidation sites excluding steroid dienone is 1. The maximum atomic E-state index is 6.15. The normalized spacial score (nSPS) is 16.2. The summed E-state index contributed by atoms with van der Waals surface area (Å²) in [5.74, 6) is 1.69. The number of hydrogen-bond donors (Lipinski definition) is 1. The predicted octanol–water partition coefficient (Wildman–Crippen LogP) is 5.10. The van der Waals surface area contributed by atoms with Gasteiger partial charge in [0.25, 0.3) is 5.89 Å². The molecule has 3 aromatic rings. The zero-order valence-corrected chi connectivity index (χ0v) is 20.2. The minimum absolute atomic E-state index is 0.264. The predicted molar refractivity (Wildman–Crippen MR) is 132 cm³/mol. The number of ether oxygens (including phenoxy) is 2. The second kappa shape index (κ2) is 10.3. The van der Waals surface area contributed by atoms with Crippen molar-refractivity contribution in [2.45, 2.75) is 19.9 Å². The Balaban J connectivity index is 1.76. The van der Waals surface area contributed by atoms with Gasteiger partial charge in [-0.2, -0.15) is 4.98 Å². The molecule has 0 aliphatic carbocycles. The number of rotatable bonds is 8. The maximum absolute atomic E-state index is 6.15. The van der Waals surface area contributed by atoms with Crippen LogP contribution in [-0.2, 0) is 4.74 Å². The first-order valence-electron chi connectivity index (χ1n) is 10.6. The van der Waals surface area contributed by atoms with Crippen LogP contribution >= 0.6 is 23.8 Å². The minimum atomic E-state index is -0.264. The zero-order chi connectivity index (χ0) is 23.4. The van der Waals surface area contributed by atoms with Crippen molar-refractivity contribution in [1.82, 2.24) is 20.4 Å². The molecular weight excluding hydrogens is 460 g/mol. The Hall–Kier alpha value is -2.94. The standard InChI is InChI=1S/C24H25ClN4O3S/c1-4-31-19-10-8-16(9-11-19)21-20(15(2)29(12-13-30-3)24(33)26-21)23-27-22(28-32-23)17-6-5-7-18(25)14-17/h5-11,14,21H,4,12-13H2,1-3H3,(H,26,33). The molecule has 7 nitrogen and oxygen atoms in total. The van der Waals surface area contributed by atoms with E-state index in [0.717, 1.165) is 28.1 Å². The molecule has 0 saturated carbocycles. The number of nitrogens with zero attached hydrogens (tertiary/aromatic N) is 3. The fourth-order valence-electron chi connectivity index (χ4n) is 3.76. The van der Waals surface area contributed by atoms with Gasteiger partial charge >= 0.3 is 0 Å². The summed E-state index contributed by atoms with van der Waals surface area (Å²) in [6, 6.07) is 15.0. The van der Waals surface area contributed by atoms with Gasteiger partial charge in [-0.25, -0.2) is 0 Å². The molecule has 2 aromatic carbocycles. The lowest BCUT2D eigenvalue weighted by Crippen LogP contribution is -2.47. The van der Waals surface area contributed by atoms with E-state index in [-0.39, 0.29) is 6.04 Å². The van der Waals surface area contributed by atoms with Crippen molar-refractivity contribution in [3.8, 4) is 17.1 Å². The monoisotopic (exact) mass is 484 g/mol. The first-order valence-corrected chi connectivity index (χ1v) is 11.4. The Morgan fingerprint density at radius 1 is 1.21 bits per heavy atom. The van der Waals surface area contributed by atoms with Crippen LogP contribution in [0.5, 0.6) is 5.75 Å². The van der Waals surface area contributed by atoms with Crippen LogP contribution in [0.25, 0.3) is 17.0 Å². The molecule has 0 amide bonds. The molecule has 172 valence electrons. The highest BCUT2D eigenvalue weighted by molar-refractivity contribution is 7.80. The molecule has 0 bridgehead atoms. The number of thiocarbonyl (C=S) groups is 1. The zero-order valence-electron chi connectivity index (χ0n) is 18.7. The van der Waals surface area contributed by atoms with Crippen LogP contribution in [0.15, 0.2) is 58.8 Å². The van der Waals surface area contributed by atoms with Crippen molar-refractivity contribution in [3.63, 3.8) is 0 Å². The van der Waals surface area contributed by atoms with Gasteiger partial charge in [-0.05, 0) is 55.9 Å². The van der Waals surface area contributed by atoms with Crippen molar-refractivity contribution in [2.75, 3.05) is 26.9 Å². The van der Waals surface area contributed by atoms with Crippen LogP contribution in [-0.4, -0.2) is 47.0 Å². The van der Waals surface area contributed by atoms with E-state index in [1.807, 2.05) is 55.1 Å². The maximum Gasteiger partial charge on any atom is 0.258 e. The highest BCUT2D eigenvalue weighted by atomic mass is 35.5. The van der Waals surface area contributed by atoms with E-state index >= 15 is 0 Å². The molecule has 9 heteroatoms. The third-order valence-electron chi connectivity index (χ3n) is 5.38. The highest BCUT2D eigenvalue weighted by Gasteiger charge is 2.34. The lowest BCUT2D eigenvalue weighted by molar-refractivity contribution is 0.183. The molecule has 1 atom stereocenters. The summed E-state index contributed by atoms with van der Waals surface area (Å²) in [5, 5.41) is 8.86. The molecule has 1 aliphatic heterocycles. The summed E-state index contributed by atoms with van der Waals surface area (Å²) in [5.41, 5.74) is 3.56. The summed E-state index contributed by atoms with van der Waals surface area (Å²) < 4.78 is 16.6. The first-order chi connectivity index (χ1) is 16.0. The SMILES string of the molecule is CCOc1ccc(C2NC(=S)N(CCOC)C(C)=C2c2nc(-c3cccc(Cl)c3)no2)cc1. The lowest BCUT2D eigenvalue weighted by Gasteiger charge is -2.37. The summed E-state index contributed by atoms with van der Waals surface area (Å²) >= 11 is 11.8. The average molecular weight is 485 g/mol. The Morgan fingerprint density at radius 2 is 2.00 bits per heavy atom. The Morgan fingerprint density at radius 3 is 2.70 bits per heavy atom. The van der Waals surface area contributed by atoms with Crippen LogP contribution in [0.4, 0.5) is 0 Å². The fourth-order valence-corrected chi connectivity index (χ4v) is 4.30. The highest BCUT2D eigenvalue weighted by Crippen LogP contribution is 2.38. The summed E-state index contributed by atoms with van der Waals surface area (Å²) in [7, 11) is 1.67. The van der Waals surface area contributed by atoms with Crippen molar-refractivity contribution < 1.29 is 14.0 Å². The Bertz CT molecular complexity index is 1160. The number of halogens is 1. The van der Waals surface area contributed by atoms with Crippen LogP contribution in [0.3, 0.4) is 0 Å². The summed E-state index contributed by atoms with van der Waals surface area (Å²) in [6.07, 6.45) is 0. The van der Waals surface area contributed by atoms with Gasteiger partial charge in [0.2, 0.25) is 5.82 Å². The molecule has 1 aliphatic rings. The van der Waals surface area contributed by atoms with E-state index in [2.05, 4.69) is 10.5 Å². The van der Waals surface area contributed by atoms with Gasteiger partial charge in [-0.3, -0.25) is 0 Å². The van der Waals surface area contributed by atoms with E-state index in [1.165, 1.54) is 0 Å². The molecule has 0 spiro atoms. The van der Waals surface area contributed by atoms with Crippen LogP contribution in [0.2, 0.25) is 5.02 Å². The van der Waals surface area contributed by atoms with E-state index in [9.17, 15) is 0 Å². The van der Waals surface area contributed by atoms with Gasteiger partial charge in [0.05, 0.1) is 24.8 Å². The fraction of sp³-hybridized carbons (Fsp3) is 0.292. The molecule has 0 radical (unpaired) electrons. The van der Waals surface area contributed by atoms with E-state index in [1.54, 1.807) is 19.2 Å². The number of nitrogens with one attached hydrogen (secondary N) is 1. The van der Waals surface area contributed by atoms with Gasteiger partial charge in [0.1, 0.15) is 5.75 Å². The van der Waals surface area contributed by atoms with E-state index in [4.69, 9.17) is 42.8 Å². The van der Waals surface area contributed by atoms with Crippen molar-refractivity contribution in [2.24, 2.45) is 0 Å². The van der Waals surface area contributed by atoms with Crippen molar-refractivity contribution in [3.05, 3.63) is 70.7 Å². The van der Waals surface area contributed by atoms with Gasteiger partial charge < -0.3 is 24.2 Å². The molecule has 2 heterocycles. The van der Waals surface area contributed by atoms with Crippen molar-refractivity contribution in [1.29, 1.82) is 0 Å². The Kier molecular flexibility index (Phi) is 7.27.